The minimum Gasteiger partial charge on any atom is -0.480 e. The fraction of sp³-hybridized carbons (Fsp3) is 0.833. The smallest absolute Gasteiger partial charge is 0.323 e. The molecule has 2 saturated heterocycles. The third-order valence-electron chi connectivity index (χ3n) is 3.70. The van der Waals surface area contributed by atoms with Crippen LogP contribution in [-0.4, -0.2) is 72.1 Å². The third kappa shape index (κ3) is 4.77. The van der Waals surface area contributed by atoms with Crippen LogP contribution in [0.2, 0.25) is 0 Å². The molecule has 7 nitrogen and oxygen atoms in total. The summed E-state index contributed by atoms with van der Waals surface area (Å²) >= 11 is 1.76. The summed E-state index contributed by atoms with van der Waals surface area (Å²) in [6, 6.07) is -0.972. The Bertz CT molecular complexity index is 502. The van der Waals surface area contributed by atoms with Crippen molar-refractivity contribution in [2.45, 2.75) is 31.3 Å². The van der Waals surface area contributed by atoms with Gasteiger partial charge in [-0.2, -0.15) is 11.8 Å². The Labute approximate surface area is 128 Å². The Balaban J connectivity index is 2.01. The predicted molar refractivity (Wildman–Crippen MR) is 80.3 cm³/mol. The second-order valence-electron chi connectivity index (χ2n) is 5.44. The molecule has 2 amide bonds. The van der Waals surface area contributed by atoms with Crippen LogP contribution in [-0.2, 0) is 14.6 Å². The molecule has 0 saturated carbocycles. The molecule has 2 atom stereocenters. The van der Waals surface area contributed by atoms with Gasteiger partial charge in [-0.1, -0.05) is 0 Å². The molecule has 2 rings (SSSR count). The Morgan fingerprint density at radius 1 is 1.33 bits per heavy atom. The van der Waals surface area contributed by atoms with Gasteiger partial charge >= 0.3 is 12.0 Å². The van der Waals surface area contributed by atoms with Crippen LogP contribution < -0.4 is 5.32 Å². The Hall–Kier alpha value is -0.960. The lowest BCUT2D eigenvalue weighted by Crippen LogP contribution is -2.52. The molecule has 2 aliphatic rings. The predicted octanol–water partition coefficient (Wildman–Crippen LogP) is 0.165. The van der Waals surface area contributed by atoms with Crippen LogP contribution in [0, 0.1) is 0 Å². The van der Waals surface area contributed by atoms with Crippen molar-refractivity contribution in [3.8, 4) is 0 Å². The molecule has 2 heterocycles. The average Bonchev–Trinajstić information content (AvgIpc) is 2.77. The number of amides is 2. The van der Waals surface area contributed by atoms with E-state index in [0.717, 1.165) is 29.2 Å². The van der Waals surface area contributed by atoms with Crippen LogP contribution in [0.15, 0.2) is 0 Å². The normalized spacial score (nSPS) is 28.0. The van der Waals surface area contributed by atoms with Crippen LogP contribution in [0.1, 0.15) is 19.3 Å². The van der Waals surface area contributed by atoms with Crippen LogP contribution in [0.25, 0.3) is 0 Å². The van der Waals surface area contributed by atoms with E-state index in [4.69, 9.17) is 5.11 Å². The molecule has 0 spiro atoms. The Morgan fingerprint density at radius 3 is 2.62 bits per heavy atom. The summed E-state index contributed by atoms with van der Waals surface area (Å²) in [5.41, 5.74) is 0. The second-order valence-corrected chi connectivity index (χ2v) is 8.82. The molecule has 0 aromatic carbocycles. The van der Waals surface area contributed by atoms with E-state index in [1.807, 2.05) is 0 Å². The Morgan fingerprint density at radius 2 is 2.10 bits per heavy atom. The van der Waals surface area contributed by atoms with Gasteiger partial charge in [-0.15, -0.1) is 0 Å². The zero-order chi connectivity index (χ0) is 15.5. The maximum atomic E-state index is 12.3. The van der Waals surface area contributed by atoms with Crippen molar-refractivity contribution in [2.75, 3.05) is 29.6 Å². The van der Waals surface area contributed by atoms with Gasteiger partial charge in [-0.05, 0) is 25.0 Å². The molecule has 0 bridgehead atoms. The second kappa shape index (κ2) is 6.87. The largest absolute Gasteiger partial charge is 0.480 e. The van der Waals surface area contributed by atoms with Crippen molar-refractivity contribution in [1.29, 1.82) is 0 Å². The van der Waals surface area contributed by atoms with Gasteiger partial charge in [0, 0.05) is 17.8 Å². The summed E-state index contributed by atoms with van der Waals surface area (Å²) in [6.45, 7) is -0.466. The van der Waals surface area contributed by atoms with Crippen molar-refractivity contribution in [2.24, 2.45) is 0 Å². The van der Waals surface area contributed by atoms with Gasteiger partial charge < -0.3 is 15.3 Å². The molecule has 0 aromatic heterocycles. The van der Waals surface area contributed by atoms with Gasteiger partial charge in [0.1, 0.15) is 6.54 Å². The molecular weight excluding hydrogens is 316 g/mol. The minimum atomic E-state index is -3.16. The molecule has 0 aliphatic carbocycles. The van der Waals surface area contributed by atoms with E-state index in [0.29, 0.717) is 6.42 Å². The summed E-state index contributed by atoms with van der Waals surface area (Å²) in [5.74, 6) is 0.627. The number of carboxylic acid groups (broad SMARTS) is 1. The first kappa shape index (κ1) is 16.4. The van der Waals surface area contributed by atoms with Gasteiger partial charge in [0.25, 0.3) is 0 Å². The molecule has 2 fully saturated rings. The van der Waals surface area contributed by atoms with Crippen LogP contribution >= 0.6 is 11.8 Å². The number of carboxylic acids is 1. The highest BCUT2D eigenvalue weighted by Crippen LogP contribution is 2.20. The van der Waals surface area contributed by atoms with E-state index in [1.165, 1.54) is 0 Å². The monoisotopic (exact) mass is 336 g/mol. The third-order valence-corrected chi connectivity index (χ3v) is 6.67. The highest BCUT2D eigenvalue weighted by atomic mass is 32.2. The van der Waals surface area contributed by atoms with E-state index >= 15 is 0 Å². The van der Waals surface area contributed by atoms with Crippen molar-refractivity contribution >= 4 is 33.6 Å². The number of rotatable bonds is 4. The average molecular weight is 336 g/mol. The maximum Gasteiger partial charge on any atom is 0.323 e. The molecule has 0 aromatic rings. The van der Waals surface area contributed by atoms with Gasteiger partial charge in [0.2, 0.25) is 0 Å². The first-order valence-electron chi connectivity index (χ1n) is 6.94. The lowest BCUT2D eigenvalue weighted by atomic mass is 10.2. The fourth-order valence-corrected chi connectivity index (χ4v) is 5.45. The first-order chi connectivity index (χ1) is 9.87. The highest BCUT2D eigenvalue weighted by molar-refractivity contribution is 7.99. The van der Waals surface area contributed by atoms with Crippen LogP contribution in [0.5, 0.6) is 0 Å². The number of aliphatic carboxylic acids is 1. The molecule has 2 aliphatic heterocycles. The molecular formula is C12H20N2O5S2. The van der Waals surface area contributed by atoms with Crippen molar-refractivity contribution in [3.63, 3.8) is 0 Å². The number of carbonyl (C=O) groups is 2. The van der Waals surface area contributed by atoms with Crippen molar-refractivity contribution in [3.05, 3.63) is 0 Å². The standard InChI is InChI=1S/C12H20N2O5S2/c15-11(16)6-14(10-3-5-21(18,19)8-10)12(17)13-9-2-1-4-20-7-9/h9-10H,1-8H2,(H,13,17)(H,15,16). The SMILES string of the molecule is O=C(O)CN(C(=O)NC1CCCSC1)C1CCS(=O)(=O)C1. The van der Waals surface area contributed by atoms with Crippen LogP contribution in [0.3, 0.4) is 0 Å². The number of nitrogens with one attached hydrogen (secondary N) is 1. The van der Waals surface area contributed by atoms with Gasteiger partial charge in [-0.3, -0.25) is 4.79 Å². The number of sulfone groups is 1. The Kier molecular flexibility index (Phi) is 5.37. The molecule has 21 heavy (non-hydrogen) atoms. The van der Waals surface area contributed by atoms with E-state index in [-0.39, 0.29) is 17.5 Å². The summed E-state index contributed by atoms with van der Waals surface area (Å²) in [4.78, 5) is 24.4. The van der Waals surface area contributed by atoms with Gasteiger partial charge in [0.05, 0.1) is 11.5 Å². The number of hydrogen-bond acceptors (Lipinski definition) is 5. The number of nitrogens with zero attached hydrogens (tertiary/aromatic N) is 1. The molecule has 2 unspecified atom stereocenters. The number of hydrogen-bond donors (Lipinski definition) is 2. The molecule has 120 valence electrons. The van der Waals surface area contributed by atoms with E-state index in [2.05, 4.69) is 5.32 Å². The molecule has 2 N–H and O–H groups in total. The quantitative estimate of drug-likeness (QED) is 0.758. The van der Waals surface area contributed by atoms with Crippen molar-refractivity contribution < 1.29 is 23.1 Å². The van der Waals surface area contributed by atoms with Gasteiger partial charge in [-0.25, -0.2) is 13.2 Å². The van der Waals surface area contributed by atoms with Gasteiger partial charge in [0.15, 0.2) is 9.84 Å². The highest BCUT2D eigenvalue weighted by Gasteiger charge is 2.36. The maximum absolute atomic E-state index is 12.3. The zero-order valence-electron chi connectivity index (χ0n) is 11.7. The number of thioether (sulfide) groups is 1. The summed E-state index contributed by atoms with van der Waals surface area (Å²) in [6.07, 6.45) is 2.21. The summed E-state index contributed by atoms with van der Waals surface area (Å²) in [7, 11) is -3.16. The number of urea groups is 1. The molecule has 0 radical (unpaired) electrons. The van der Waals surface area contributed by atoms with Crippen molar-refractivity contribution in [1.82, 2.24) is 10.2 Å². The summed E-state index contributed by atoms with van der Waals surface area (Å²) in [5, 5.41) is 11.8. The topological polar surface area (TPSA) is 104 Å². The van der Waals surface area contributed by atoms with E-state index in [9.17, 15) is 18.0 Å². The van der Waals surface area contributed by atoms with Crippen LogP contribution in [0.4, 0.5) is 4.79 Å². The summed E-state index contributed by atoms with van der Waals surface area (Å²) < 4.78 is 23.1. The zero-order valence-corrected chi connectivity index (χ0v) is 13.3. The number of carbonyl (C=O) groups excluding carboxylic acids is 1. The van der Waals surface area contributed by atoms with E-state index < -0.39 is 34.4 Å². The molecule has 9 heteroatoms. The van der Waals surface area contributed by atoms with E-state index in [1.54, 1.807) is 11.8 Å². The lowest BCUT2D eigenvalue weighted by Gasteiger charge is -2.30. The minimum absolute atomic E-state index is 0.0142. The fourth-order valence-electron chi connectivity index (χ4n) is 2.65. The first-order valence-corrected chi connectivity index (χ1v) is 9.92. The lowest BCUT2D eigenvalue weighted by molar-refractivity contribution is -0.138.